The minimum atomic E-state index is -0.0477. The van der Waals surface area contributed by atoms with Crippen LogP contribution in [-0.2, 0) is 11.3 Å². The van der Waals surface area contributed by atoms with Gasteiger partial charge in [0.05, 0.1) is 11.4 Å². The van der Waals surface area contributed by atoms with Gasteiger partial charge in [-0.15, -0.1) is 5.10 Å². The van der Waals surface area contributed by atoms with Crippen LogP contribution in [0.15, 0.2) is 66.9 Å². The summed E-state index contributed by atoms with van der Waals surface area (Å²) in [6.07, 6.45) is 1.93. The minimum absolute atomic E-state index is 0.0477. The van der Waals surface area contributed by atoms with Crippen molar-refractivity contribution in [3.8, 4) is 11.1 Å². The number of hydrogen-bond donors (Lipinski definition) is 3. The van der Waals surface area contributed by atoms with Crippen molar-refractivity contribution in [3.05, 3.63) is 72.4 Å². The monoisotopic (exact) mass is 372 g/mol. The maximum atomic E-state index is 11.1. The van der Waals surface area contributed by atoms with Gasteiger partial charge in [-0.3, -0.25) is 4.79 Å². The van der Waals surface area contributed by atoms with Crippen LogP contribution in [0.1, 0.15) is 12.5 Å². The Labute approximate surface area is 162 Å². The van der Waals surface area contributed by atoms with Crippen LogP contribution >= 0.6 is 0 Å². The lowest BCUT2D eigenvalue weighted by atomic mass is 10.0. The molecule has 0 saturated carbocycles. The van der Waals surface area contributed by atoms with Crippen molar-refractivity contribution in [2.24, 2.45) is 0 Å². The molecular formula is C21H20N6O. The highest BCUT2D eigenvalue weighted by molar-refractivity contribution is 5.73. The highest BCUT2D eigenvalue weighted by Gasteiger charge is 2.08. The first-order valence-electron chi connectivity index (χ1n) is 8.90. The van der Waals surface area contributed by atoms with Crippen molar-refractivity contribution >= 4 is 28.9 Å². The van der Waals surface area contributed by atoms with Crippen LogP contribution in [0.2, 0.25) is 0 Å². The number of rotatable bonds is 5. The van der Waals surface area contributed by atoms with Crippen LogP contribution in [0, 0.1) is 0 Å². The number of pyridine rings is 1. The first-order chi connectivity index (χ1) is 13.6. The molecule has 0 aliphatic heterocycles. The van der Waals surface area contributed by atoms with Gasteiger partial charge in [0, 0.05) is 25.2 Å². The fraction of sp³-hybridized carbons (Fsp3) is 0.0952. The smallest absolute Gasteiger partial charge is 0.247 e. The summed E-state index contributed by atoms with van der Waals surface area (Å²) in [5.74, 6) is 0.433. The Morgan fingerprint density at radius 1 is 1.07 bits per heavy atom. The van der Waals surface area contributed by atoms with Crippen LogP contribution < -0.4 is 16.4 Å². The summed E-state index contributed by atoms with van der Waals surface area (Å²) in [4.78, 5) is 15.6. The standard InChI is InChI=1S/C21H20N6O/c1-14(28)23-12-15-5-4-6-16(11-15)17-9-10-20-25-21(26-27(20)13-17)24-19-8-3-2-7-18(19)22/h2-11,13H,12,22H2,1H3,(H,23,28)(H,24,26). The zero-order valence-corrected chi connectivity index (χ0v) is 15.4. The molecule has 2 aromatic carbocycles. The molecule has 4 aromatic rings. The van der Waals surface area contributed by atoms with Crippen LogP contribution in [0.5, 0.6) is 0 Å². The van der Waals surface area contributed by atoms with Crippen molar-refractivity contribution in [3.63, 3.8) is 0 Å². The van der Waals surface area contributed by atoms with E-state index in [1.807, 2.05) is 60.8 Å². The number of nitrogens with zero attached hydrogens (tertiary/aromatic N) is 3. The molecule has 2 aromatic heterocycles. The molecule has 4 N–H and O–H groups in total. The van der Waals surface area contributed by atoms with Gasteiger partial charge in [-0.05, 0) is 41.5 Å². The molecule has 0 bridgehead atoms. The lowest BCUT2D eigenvalue weighted by Crippen LogP contribution is -2.18. The molecule has 0 aliphatic rings. The minimum Gasteiger partial charge on any atom is -0.397 e. The molecule has 4 rings (SSSR count). The molecule has 0 unspecified atom stereocenters. The second-order valence-electron chi connectivity index (χ2n) is 6.48. The zero-order chi connectivity index (χ0) is 19.5. The molecule has 28 heavy (non-hydrogen) atoms. The molecule has 0 aliphatic carbocycles. The summed E-state index contributed by atoms with van der Waals surface area (Å²) in [5.41, 5.74) is 11.2. The third kappa shape index (κ3) is 3.78. The molecule has 7 heteroatoms. The fourth-order valence-electron chi connectivity index (χ4n) is 2.93. The number of amides is 1. The number of nitrogens with two attached hydrogens (primary N) is 1. The first-order valence-corrected chi connectivity index (χ1v) is 8.90. The second kappa shape index (κ2) is 7.40. The summed E-state index contributed by atoms with van der Waals surface area (Å²) < 4.78 is 1.73. The van der Waals surface area contributed by atoms with Crippen molar-refractivity contribution in [2.75, 3.05) is 11.1 Å². The quantitative estimate of drug-likeness (QED) is 0.467. The highest BCUT2D eigenvalue weighted by atomic mass is 16.1. The molecular weight excluding hydrogens is 352 g/mol. The maximum absolute atomic E-state index is 11.1. The molecule has 0 spiro atoms. The van der Waals surface area contributed by atoms with E-state index in [4.69, 9.17) is 5.73 Å². The van der Waals surface area contributed by atoms with Gasteiger partial charge in [0.1, 0.15) is 0 Å². The normalized spacial score (nSPS) is 10.8. The number of fused-ring (bicyclic) bond motifs is 1. The molecule has 2 heterocycles. The molecule has 0 saturated heterocycles. The van der Waals surface area contributed by atoms with Crippen molar-refractivity contribution in [1.82, 2.24) is 19.9 Å². The number of nitrogen functional groups attached to an aromatic ring is 1. The van der Waals surface area contributed by atoms with E-state index in [2.05, 4.69) is 26.8 Å². The Kier molecular flexibility index (Phi) is 4.63. The van der Waals surface area contributed by atoms with Gasteiger partial charge < -0.3 is 16.4 Å². The van der Waals surface area contributed by atoms with E-state index in [9.17, 15) is 4.79 Å². The largest absolute Gasteiger partial charge is 0.397 e. The van der Waals surface area contributed by atoms with Crippen molar-refractivity contribution in [1.29, 1.82) is 0 Å². The highest BCUT2D eigenvalue weighted by Crippen LogP contribution is 2.23. The second-order valence-corrected chi connectivity index (χ2v) is 6.48. The van der Waals surface area contributed by atoms with E-state index in [0.717, 1.165) is 28.0 Å². The molecule has 0 radical (unpaired) electrons. The number of anilines is 3. The molecule has 7 nitrogen and oxygen atoms in total. The van der Waals surface area contributed by atoms with E-state index in [-0.39, 0.29) is 5.91 Å². The van der Waals surface area contributed by atoms with Gasteiger partial charge in [-0.2, -0.15) is 4.98 Å². The van der Waals surface area contributed by atoms with E-state index in [0.29, 0.717) is 18.2 Å². The Balaban J connectivity index is 1.61. The fourth-order valence-corrected chi connectivity index (χ4v) is 2.93. The van der Waals surface area contributed by atoms with Crippen LogP contribution in [0.25, 0.3) is 16.8 Å². The third-order valence-corrected chi connectivity index (χ3v) is 4.34. The molecule has 1 amide bonds. The topological polar surface area (TPSA) is 97.3 Å². The SMILES string of the molecule is CC(=O)NCc1cccc(-c2ccc3nc(Nc4ccccc4N)nn3c2)c1. The van der Waals surface area contributed by atoms with Gasteiger partial charge in [-0.1, -0.05) is 30.3 Å². The Morgan fingerprint density at radius 2 is 1.93 bits per heavy atom. The van der Waals surface area contributed by atoms with Crippen LogP contribution in [-0.4, -0.2) is 20.5 Å². The van der Waals surface area contributed by atoms with E-state index in [1.54, 1.807) is 4.52 Å². The summed E-state index contributed by atoms with van der Waals surface area (Å²) in [5, 5.41) is 10.5. The Morgan fingerprint density at radius 3 is 2.75 bits per heavy atom. The predicted octanol–water partition coefficient (Wildman–Crippen LogP) is 3.36. The Hall–Kier alpha value is -3.87. The number of para-hydroxylation sites is 2. The van der Waals surface area contributed by atoms with Crippen molar-refractivity contribution in [2.45, 2.75) is 13.5 Å². The zero-order valence-electron chi connectivity index (χ0n) is 15.4. The Bertz CT molecular complexity index is 1150. The lowest BCUT2D eigenvalue weighted by Gasteiger charge is -2.06. The number of nitrogens with one attached hydrogen (secondary N) is 2. The predicted molar refractivity (Wildman–Crippen MR) is 110 cm³/mol. The first kappa shape index (κ1) is 17.5. The number of carbonyl (C=O) groups is 1. The summed E-state index contributed by atoms with van der Waals surface area (Å²) >= 11 is 0. The summed E-state index contributed by atoms with van der Waals surface area (Å²) in [6.45, 7) is 2.01. The van der Waals surface area contributed by atoms with Crippen molar-refractivity contribution < 1.29 is 4.79 Å². The van der Waals surface area contributed by atoms with Crippen LogP contribution in [0.4, 0.5) is 17.3 Å². The number of carbonyl (C=O) groups excluding carboxylic acids is 1. The molecule has 0 fully saturated rings. The van der Waals surface area contributed by atoms with E-state index >= 15 is 0 Å². The number of benzene rings is 2. The maximum Gasteiger partial charge on any atom is 0.247 e. The van der Waals surface area contributed by atoms with Crippen LogP contribution in [0.3, 0.4) is 0 Å². The van der Waals surface area contributed by atoms with Gasteiger partial charge in [0.2, 0.25) is 11.9 Å². The van der Waals surface area contributed by atoms with Gasteiger partial charge in [0.25, 0.3) is 0 Å². The van der Waals surface area contributed by atoms with E-state index in [1.165, 1.54) is 6.92 Å². The van der Waals surface area contributed by atoms with Gasteiger partial charge >= 0.3 is 0 Å². The summed E-state index contributed by atoms with van der Waals surface area (Å²) in [7, 11) is 0. The third-order valence-electron chi connectivity index (χ3n) is 4.34. The summed E-state index contributed by atoms with van der Waals surface area (Å²) in [6, 6.07) is 19.5. The molecule has 140 valence electrons. The molecule has 0 atom stereocenters. The average molecular weight is 372 g/mol. The number of hydrogen-bond acceptors (Lipinski definition) is 5. The average Bonchev–Trinajstić information content (AvgIpc) is 3.10. The lowest BCUT2D eigenvalue weighted by molar-refractivity contribution is -0.119. The number of aromatic nitrogens is 3. The van der Waals surface area contributed by atoms with Gasteiger partial charge in [-0.25, -0.2) is 4.52 Å². The van der Waals surface area contributed by atoms with E-state index < -0.39 is 0 Å². The van der Waals surface area contributed by atoms with Gasteiger partial charge in [0.15, 0.2) is 5.65 Å².